The molecular formula is C13H20N2O2. The van der Waals surface area contributed by atoms with Gasteiger partial charge in [0.15, 0.2) is 0 Å². The summed E-state index contributed by atoms with van der Waals surface area (Å²) >= 11 is 0. The first-order valence-corrected chi connectivity index (χ1v) is 6.00. The molecule has 0 aliphatic carbocycles. The van der Waals surface area contributed by atoms with Gasteiger partial charge in [0.05, 0.1) is 6.61 Å². The average Bonchev–Trinajstić information content (AvgIpc) is 2.33. The van der Waals surface area contributed by atoms with E-state index in [0.717, 1.165) is 24.5 Å². The van der Waals surface area contributed by atoms with Gasteiger partial charge in [-0.1, -0.05) is 0 Å². The van der Waals surface area contributed by atoms with E-state index in [1.54, 1.807) is 6.92 Å². The SMILES string of the molecule is CCOC(=O)Nc1ccc(N(CC)CC)cc1. The molecule has 1 amide bonds. The number of carbonyl (C=O) groups is 1. The predicted octanol–water partition coefficient (Wildman–Crippen LogP) is 3.10. The Balaban J connectivity index is 2.64. The number of nitrogens with zero attached hydrogens (tertiary/aromatic N) is 1. The molecule has 4 heteroatoms. The number of benzene rings is 1. The van der Waals surface area contributed by atoms with Crippen molar-refractivity contribution in [3.05, 3.63) is 24.3 Å². The second-order valence-corrected chi connectivity index (χ2v) is 3.56. The van der Waals surface area contributed by atoms with Gasteiger partial charge in [-0.2, -0.15) is 0 Å². The number of hydrogen-bond acceptors (Lipinski definition) is 3. The van der Waals surface area contributed by atoms with Gasteiger partial charge < -0.3 is 9.64 Å². The lowest BCUT2D eigenvalue weighted by molar-refractivity contribution is 0.168. The molecule has 94 valence electrons. The quantitative estimate of drug-likeness (QED) is 0.854. The van der Waals surface area contributed by atoms with Crippen molar-refractivity contribution in [3.63, 3.8) is 0 Å². The van der Waals surface area contributed by atoms with Crippen LogP contribution < -0.4 is 10.2 Å². The number of amides is 1. The monoisotopic (exact) mass is 236 g/mol. The first-order chi connectivity index (χ1) is 8.21. The maximum atomic E-state index is 11.2. The van der Waals surface area contributed by atoms with Crippen molar-refractivity contribution in [3.8, 4) is 0 Å². The van der Waals surface area contributed by atoms with Gasteiger partial charge in [0.2, 0.25) is 0 Å². The smallest absolute Gasteiger partial charge is 0.411 e. The molecule has 1 aromatic rings. The second kappa shape index (κ2) is 6.78. The van der Waals surface area contributed by atoms with Crippen LogP contribution in [0.15, 0.2) is 24.3 Å². The van der Waals surface area contributed by atoms with Crippen molar-refractivity contribution in [2.24, 2.45) is 0 Å². The van der Waals surface area contributed by atoms with Gasteiger partial charge in [-0.15, -0.1) is 0 Å². The normalized spacial score (nSPS) is 9.82. The van der Waals surface area contributed by atoms with Crippen LogP contribution in [0.5, 0.6) is 0 Å². The Kier molecular flexibility index (Phi) is 5.33. The Morgan fingerprint density at radius 2 is 1.76 bits per heavy atom. The van der Waals surface area contributed by atoms with Crippen LogP contribution in [0.1, 0.15) is 20.8 Å². The molecule has 1 aromatic carbocycles. The van der Waals surface area contributed by atoms with Crippen molar-refractivity contribution in [2.45, 2.75) is 20.8 Å². The lowest BCUT2D eigenvalue weighted by Crippen LogP contribution is -2.21. The third-order valence-electron chi connectivity index (χ3n) is 2.52. The Morgan fingerprint density at radius 1 is 1.18 bits per heavy atom. The number of anilines is 2. The van der Waals surface area contributed by atoms with Crippen LogP contribution in [0.2, 0.25) is 0 Å². The molecule has 0 atom stereocenters. The van der Waals surface area contributed by atoms with Crippen LogP contribution in [0.25, 0.3) is 0 Å². The lowest BCUT2D eigenvalue weighted by Gasteiger charge is -2.21. The minimum absolute atomic E-state index is 0.378. The molecule has 0 bridgehead atoms. The molecule has 17 heavy (non-hydrogen) atoms. The Bertz CT molecular complexity index is 345. The van der Waals surface area contributed by atoms with E-state index in [1.807, 2.05) is 24.3 Å². The van der Waals surface area contributed by atoms with Crippen LogP contribution in [-0.2, 0) is 4.74 Å². The molecular weight excluding hydrogens is 216 g/mol. The summed E-state index contributed by atoms with van der Waals surface area (Å²) in [5.74, 6) is 0. The summed E-state index contributed by atoms with van der Waals surface area (Å²) in [6.07, 6.45) is -0.414. The van der Waals surface area contributed by atoms with E-state index in [0.29, 0.717) is 6.61 Å². The maximum Gasteiger partial charge on any atom is 0.411 e. The third-order valence-corrected chi connectivity index (χ3v) is 2.52. The highest BCUT2D eigenvalue weighted by Crippen LogP contribution is 2.17. The average molecular weight is 236 g/mol. The molecule has 1 N–H and O–H groups in total. The van der Waals surface area contributed by atoms with E-state index in [1.165, 1.54) is 0 Å². The third kappa shape index (κ3) is 3.98. The van der Waals surface area contributed by atoms with Crippen molar-refractivity contribution in [1.29, 1.82) is 0 Å². The second-order valence-electron chi connectivity index (χ2n) is 3.56. The van der Waals surface area contributed by atoms with Gasteiger partial charge in [-0.25, -0.2) is 4.79 Å². The number of carbonyl (C=O) groups excluding carboxylic acids is 1. The fourth-order valence-electron chi connectivity index (χ4n) is 1.63. The van der Waals surface area contributed by atoms with Crippen LogP contribution in [0, 0.1) is 0 Å². The van der Waals surface area contributed by atoms with Crippen molar-refractivity contribution >= 4 is 17.5 Å². The van der Waals surface area contributed by atoms with Crippen molar-refractivity contribution in [1.82, 2.24) is 0 Å². The summed E-state index contributed by atoms with van der Waals surface area (Å²) in [7, 11) is 0. The molecule has 0 radical (unpaired) electrons. The highest BCUT2D eigenvalue weighted by atomic mass is 16.5. The van der Waals surface area contributed by atoms with Gasteiger partial charge in [0, 0.05) is 24.5 Å². The molecule has 0 unspecified atom stereocenters. The van der Waals surface area contributed by atoms with Crippen molar-refractivity contribution < 1.29 is 9.53 Å². The number of hydrogen-bond donors (Lipinski definition) is 1. The maximum absolute atomic E-state index is 11.2. The van der Waals surface area contributed by atoms with E-state index in [2.05, 4.69) is 24.1 Å². The zero-order valence-corrected chi connectivity index (χ0v) is 10.7. The molecule has 0 saturated carbocycles. The highest BCUT2D eigenvalue weighted by molar-refractivity contribution is 5.84. The largest absolute Gasteiger partial charge is 0.450 e. The number of nitrogens with one attached hydrogen (secondary N) is 1. The van der Waals surface area contributed by atoms with E-state index in [9.17, 15) is 4.79 Å². The highest BCUT2D eigenvalue weighted by Gasteiger charge is 2.04. The van der Waals surface area contributed by atoms with Gasteiger partial charge >= 0.3 is 6.09 Å². The summed E-state index contributed by atoms with van der Waals surface area (Å²) in [5.41, 5.74) is 1.91. The molecule has 0 spiro atoms. The summed E-state index contributed by atoms with van der Waals surface area (Å²) in [4.78, 5) is 13.4. The fourth-order valence-corrected chi connectivity index (χ4v) is 1.63. The van der Waals surface area contributed by atoms with Gasteiger partial charge in [0.1, 0.15) is 0 Å². The number of rotatable bonds is 5. The molecule has 0 heterocycles. The molecule has 1 rings (SSSR count). The van der Waals surface area contributed by atoms with Crippen molar-refractivity contribution in [2.75, 3.05) is 29.9 Å². The van der Waals surface area contributed by atoms with Gasteiger partial charge in [-0.3, -0.25) is 5.32 Å². The van der Waals surface area contributed by atoms with Crippen LogP contribution in [-0.4, -0.2) is 25.8 Å². The molecule has 0 aliphatic heterocycles. The summed E-state index contributed by atoms with van der Waals surface area (Å²) in [5, 5.41) is 2.67. The van der Waals surface area contributed by atoms with E-state index < -0.39 is 6.09 Å². The summed E-state index contributed by atoms with van der Waals surface area (Å²) in [6, 6.07) is 7.75. The molecule has 0 saturated heterocycles. The van der Waals surface area contributed by atoms with E-state index in [-0.39, 0.29) is 0 Å². The van der Waals surface area contributed by atoms with Crippen LogP contribution in [0.3, 0.4) is 0 Å². The molecule has 0 aliphatic rings. The summed E-state index contributed by atoms with van der Waals surface area (Å²) in [6.45, 7) is 8.34. The van der Waals surface area contributed by atoms with Gasteiger partial charge in [0.25, 0.3) is 0 Å². The van der Waals surface area contributed by atoms with Crippen LogP contribution >= 0.6 is 0 Å². The topological polar surface area (TPSA) is 41.6 Å². The van der Waals surface area contributed by atoms with Gasteiger partial charge in [-0.05, 0) is 45.0 Å². The lowest BCUT2D eigenvalue weighted by atomic mass is 10.2. The van der Waals surface area contributed by atoms with E-state index in [4.69, 9.17) is 4.74 Å². The number of ether oxygens (including phenoxy) is 1. The minimum atomic E-state index is -0.414. The first kappa shape index (κ1) is 13.4. The molecule has 0 fully saturated rings. The Morgan fingerprint density at radius 3 is 2.24 bits per heavy atom. The molecule has 4 nitrogen and oxygen atoms in total. The first-order valence-electron chi connectivity index (χ1n) is 6.00. The Hall–Kier alpha value is -1.71. The van der Waals surface area contributed by atoms with Crippen LogP contribution in [0.4, 0.5) is 16.2 Å². The van der Waals surface area contributed by atoms with E-state index >= 15 is 0 Å². The molecule has 0 aromatic heterocycles. The summed E-state index contributed by atoms with van der Waals surface area (Å²) < 4.78 is 4.81. The zero-order valence-electron chi connectivity index (χ0n) is 10.7. The predicted molar refractivity (Wildman–Crippen MR) is 70.6 cm³/mol. The standard InChI is InChI=1S/C13H20N2O2/c1-4-15(5-2)12-9-7-11(8-10-12)14-13(16)17-6-3/h7-10H,4-6H2,1-3H3,(H,14,16). The fraction of sp³-hybridized carbons (Fsp3) is 0.462. The zero-order chi connectivity index (χ0) is 12.7. The minimum Gasteiger partial charge on any atom is -0.450 e. The Labute approximate surface area is 103 Å².